The Hall–Kier alpha value is -2.01. The molecule has 0 atom stereocenters. The second-order valence-electron chi connectivity index (χ2n) is 5.64. The van der Waals surface area contributed by atoms with Gasteiger partial charge in [-0.2, -0.15) is 0 Å². The topological polar surface area (TPSA) is 38.3 Å². The maximum Gasteiger partial charge on any atom is 0.230 e. The summed E-state index contributed by atoms with van der Waals surface area (Å²) in [4.78, 5) is 11.8. The second-order valence-corrected chi connectivity index (χ2v) is 6.63. The molecule has 2 rings (SSSR count). The molecule has 1 N–H and O–H groups in total. The summed E-state index contributed by atoms with van der Waals surface area (Å²) in [6.45, 7) is 4.97. The molecule has 24 heavy (non-hydrogen) atoms. The van der Waals surface area contributed by atoms with Crippen LogP contribution in [0.3, 0.4) is 0 Å². The molecule has 5 heteroatoms. The van der Waals surface area contributed by atoms with Gasteiger partial charge in [0.1, 0.15) is 18.2 Å². The van der Waals surface area contributed by atoms with E-state index in [0.717, 1.165) is 22.4 Å². The van der Waals surface area contributed by atoms with Crippen LogP contribution in [0.5, 0.6) is 5.75 Å². The molecule has 1 amide bonds. The molecular formula is C19H22FNO2S. The SMILES string of the molecule is Cc1cc(C)cc(OCCNC(=O)CSCc2ccc(F)cc2)c1. The third-order valence-electron chi connectivity index (χ3n) is 3.30. The van der Waals surface area contributed by atoms with Crippen LogP contribution in [0.25, 0.3) is 0 Å². The molecule has 0 saturated heterocycles. The van der Waals surface area contributed by atoms with Gasteiger partial charge in [-0.15, -0.1) is 11.8 Å². The van der Waals surface area contributed by atoms with Crippen molar-refractivity contribution in [1.29, 1.82) is 0 Å². The van der Waals surface area contributed by atoms with Crippen molar-refractivity contribution in [2.45, 2.75) is 19.6 Å². The molecule has 0 radical (unpaired) electrons. The van der Waals surface area contributed by atoms with Crippen LogP contribution < -0.4 is 10.1 Å². The summed E-state index contributed by atoms with van der Waals surface area (Å²) in [7, 11) is 0. The standard InChI is InChI=1S/C19H22FNO2S/c1-14-9-15(2)11-18(10-14)23-8-7-21-19(22)13-24-12-16-3-5-17(20)6-4-16/h3-6,9-11H,7-8,12-13H2,1-2H3,(H,21,22). The summed E-state index contributed by atoms with van der Waals surface area (Å²) in [5, 5.41) is 2.83. The first-order valence-corrected chi connectivity index (χ1v) is 8.98. The van der Waals surface area contributed by atoms with E-state index in [4.69, 9.17) is 4.74 Å². The molecule has 0 aliphatic heterocycles. The van der Waals surface area contributed by atoms with Gasteiger partial charge in [0.15, 0.2) is 0 Å². The molecule has 2 aromatic rings. The van der Waals surface area contributed by atoms with Crippen molar-refractivity contribution in [3.63, 3.8) is 0 Å². The molecule has 3 nitrogen and oxygen atoms in total. The van der Waals surface area contributed by atoms with Gasteiger partial charge < -0.3 is 10.1 Å². The number of hydrogen-bond acceptors (Lipinski definition) is 3. The highest BCUT2D eigenvalue weighted by Crippen LogP contribution is 2.16. The number of benzene rings is 2. The van der Waals surface area contributed by atoms with E-state index in [2.05, 4.69) is 11.4 Å². The highest BCUT2D eigenvalue weighted by molar-refractivity contribution is 7.99. The number of hydrogen-bond donors (Lipinski definition) is 1. The van der Waals surface area contributed by atoms with Crippen LogP contribution in [-0.2, 0) is 10.5 Å². The monoisotopic (exact) mass is 347 g/mol. The quantitative estimate of drug-likeness (QED) is 0.737. The fourth-order valence-corrected chi connectivity index (χ4v) is 3.09. The van der Waals surface area contributed by atoms with Crippen molar-refractivity contribution in [3.05, 3.63) is 65.0 Å². The van der Waals surface area contributed by atoms with Gasteiger partial charge in [-0.05, 0) is 54.8 Å². The number of ether oxygens (including phenoxy) is 1. The predicted molar refractivity (Wildman–Crippen MR) is 97.0 cm³/mol. The van der Waals surface area contributed by atoms with Crippen LogP contribution in [0.4, 0.5) is 4.39 Å². The first-order valence-electron chi connectivity index (χ1n) is 7.83. The molecular weight excluding hydrogens is 325 g/mol. The molecule has 2 aromatic carbocycles. The van der Waals surface area contributed by atoms with E-state index >= 15 is 0 Å². The highest BCUT2D eigenvalue weighted by Gasteiger charge is 2.03. The van der Waals surface area contributed by atoms with Gasteiger partial charge in [0, 0.05) is 5.75 Å². The molecule has 0 bridgehead atoms. The Morgan fingerprint density at radius 1 is 1.12 bits per heavy atom. The third-order valence-corrected chi connectivity index (χ3v) is 4.31. The number of halogens is 1. The van der Waals surface area contributed by atoms with E-state index in [-0.39, 0.29) is 11.7 Å². The van der Waals surface area contributed by atoms with Gasteiger partial charge in [-0.25, -0.2) is 4.39 Å². The van der Waals surface area contributed by atoms with Gasteiger partial charge >= 0.3 is 0 Å². The van der Waals surface area contributed by atoms with Crippen molar-refractivity contribution in [1.82, 2.24) is 5.32 Å². The van der Waals surface area contributed by atoms with Crippen molar-refractivity contribution in [2.24, 2.45) is 0 Å². The van der Waals surface area contributed by atoms with Gasteiger partial charge in [0.25, 0.3) is 0 Å². The summed E-state index contributed by atoms with van der Waals surface area (Å²) in [6, 6.07) is 12.4. The lowest BCUT2D eigenvalue weighted by molar-refractivity contribution is -0.118. The maximum absolute atomic E-state index is 12.8. The lowest BCUT2D eigenvalue weighted by Crippen LogP contribution is -2.29. The molecule has 0 heterocycles. The van der Waals surface area contributed by atoms with Crippen LogP contribution >= 0.6 is 11.8 Å². The maximum atomic E-state index is 12.8. The van der Waals surface area contributed by atoms with Crippen LogP contribution in [0.2, 0.25) is 0 Å². The lowest BCUT2D eigenvalue weighted by atomic mass is 10.1. The summed E-state index contributed by atoms with van der Waals surface area (Å²) in [5.74, 6) is 1.62. The number of carbonyl (C=O) groups excluding carboxylic acids is 1. The minimum absolute atomic E-state index is 0.0221. The van der Waals surface area contributed by atoms with Crippen LogP contribution in [0.1, 0.15) is 16.7 Å². The van der Waals surface area contributed by atoms with Crippen molar-refractivity contribution >= 4 is 17.7 Å². The Bertz CT molecular complexity index is 653. The smallest absolute Gasteiger partial charge is 0.230 e. The van der Waals surface area contributed by atoms with Crippen LogP contribution in [0.15, 0.2) is 42.5 Å². The Labute approximate surface area is 146 Å². The molecule has 0 unspecified atom stereocenters. The van der Waals surface area contributed by atoms with Crippen molar-refractivity contribution in [2.75, 3.05) is 18.9 Å². The predicted octanol–water partition coefficient (Wildman–Crippen LogP) is 3.87. The Balaban J connectivity index is 1.60. The fourth-order valence-electron chi connectivity index (χ4n) is 2.27. The molecule has 0 aromatic heterocycles. The highest BCUT2D eigenvalue weighted by atomic mass is 32.2. The van der Waals surface area contributed by atoms with Crippen LogP contribution in [0, 0.1) is 19.7 Å². The second kappa shape index (κ2) is 9.33. The Kier molecular flexibility index (Phi) is 7.12. The average molecular weight is 347 g/mol. The summed E-state index contributed by atoms with van der Waals surface area (Å²) in [5.41, 5.74) is 3.32. The van der Waals surface area contributed by atoms with E-state index in [1.54, 1.807) is 12.1 Å². The van der Waals surface area contributed by atoms with E-state index in [1.807, 2.05) is 26.0 Å². The van der Waals surface area contributed by atoms with Gasteiger partial charge in [0.2, 0.25) is 5.91 Å². The molecule has 0 aliphatic rings. The summed E-state index contributed by atoms with van der Waals surface area (Å²) in [6.07, 6.45) is 0. The average Bonchev–Trinajstić information content (AvgIpc) is 2.53. The third kappa shape index (κ3) is 6.62. The zero-order valence-electron chi connectivity index (χ0n) is 14.0. The lowest BCUT2D eigenvalue weighted by Gasteiger charge is -2.09. The minimum atomic E-state index is -0.245. The first kappa shape index (κ1) is 18.3. The number of amides is 1. The Morgan fingerprint density at radius 2 is 1.79 bits per heavy atom. The van der Waals surface area contributed by atoms with Gasteiger partial charge in [-0.3, -0.25) is 4.79 Å². The van der Waals surface area contributed by atoms with Crippen molar-refractivity contribution in [3.8, 4) is 5.75 Å². The van der Waals surface area contributed by atoms with Gasteiger partial charge in [-0.1, -0.05) is 18.2 Å². The zero-order chi connectivity index (χ0) is 17.4. The normalized spacial score (nSPS) is 10.5. The van der Waals surface area contributed by atoms with Crippen LogP contribution in [-0.4, -0.2) is 24.8 Å². The number of thioether (sulfide) groups is 1. The largest absolute Gasteiger partial charge is 0.492 e. The Morgan fingerprint density at radius 3 is 2.46 bits per heavy atom. The van der Waals surface area contributed by atoms with E-state index in [9.17, 15) is 9.18 Å². The summed E-state index contributed by atoms with van der Waals surface area (Å²) >= 11 is 1.50. The minimum Gasteiger partial charge on any atom is -0.492 e. The fraction of sp³-hybridized carbons (Fsp3) is 0.316. The van der Waals surface area contributed by atoms with E-state index in [0.29, 0.717) is 24.7 Å². The molecule has 0 fully saturated rings. The first-order chi connectivity index (χ1) is 11.5. The molecule has 0 saturated carbocycles. The van der Waals surface area contributed by atoms with Gasteiger partial charge in [0.05, 0.1) is 12.3 Å². The number of aryl methyl sites for hydroxylation is 2. The number of carbonyl (C=O) groups is 1. The molecule has 128 valence electrons. The summed E-state index contributed by atoms with van der Waals surface area (Å²) < 4.78 is 18.4. The number of rotatable bonds is 8. The van der Waals surface area contributed by atoms with E-state index in [1.165, 1.54) is 23.9 Å². The van der Waals surface area contributed by atoms with E-state index < -0.39 is 0 Å². The molecule has 0 spiro atoms. The number of nitrogens with one attached hydrogen (secondary N) is 1. The zero-order valence-corrected chi connectivity index (χ0v) is 14.8. The molecule has 0 aliphatic carbocycles. The van der Waals surface area contributed by atoms with Crippen molar-refractivity contribution < 1.29 is 13.9 Å².